The minimum absolute atomic E-state index is 0.0539. The number of hydrogen-bond acceptors (Lipinski definition) is 6. The Balaban J connectivity index is 2.11. The number of anilines is 1. The largest absolute Gasteiger partial charge is 0.365 e. The third kappa shape index (κ3) is 2.28. The minimum Gasteiger partial charge on any atom is -0.365 e. The van der Waals surface area contributed by atoms with E-state index in [1.165, 1.54) is 0 Å². The number of aromatic nitrogens is 2. The molecule has 1 saturated heterocycles. The van der Waals surface area contributed by atoms with E-state index in [-0.39, 0.29) is 23.4 Å². The van der Waals surface area contributed by atoms with E-state index < -0.39 is 9.84 Å². The molecule has 0 saturated carbocycles. The Morgan fingerprint density at radius 3 is 2.87 bits per heavy atom. The number of nitrogen functional groups attached to an aromatic ring is 1. The lowest BCUT2D eigenvalue weighted by molar-refractivity contribution is 0.372. The second kappa shape index (κ2) is 3.80. The average Bonchev–Trinajstić information content (AvgIpc) is 2.55. The average molecular weight is 231 g/mol. The van der Waals surface area contributed by atoms with Crippen LogP contribution in [0.1, 0.15) is 25.2 Å². The Bertz CT molecular complexity index is 440. The number of hydrogen-bond donors (Lipinski definition) is 1. The number of rotatable bonds is 2. The molecule has 0 spiro atoms. The lowest BCUT2D eigenvalue weighted by Crippen LogP contribution is -2.30. The van der Waals surface area contributed by atoms with Crippen LogP contribution in [-0.4, -0.2) is 29.6 Å². The van der Waals surface area contributed by atoms with Crippen molar-refractivity contribution in [2.45, 2.75) is 30.9 Å². The van der Waals surface area contributed by atoms with Crippen LogP contribution in [0, 0.1) is 0 Å². The molecule has 6 nitrogen and oxygen atoms in total. The Labute approximate surface area is 87.8 Å². The van der Waals surface area contributed by atoms with Crippen molar-refractivity contribution in [3.63, 3.8) is 0 Å². The minimum atomic E-state index is -2.98. The molecule has 1 fully saturated rings. The van der Waals surface area contributed by atoms with Gasteiger partial charge in [-0.15, -0.1) is 0 Å². The van der Waals surface area contributed by atoms with Crippen molar-refractivity contribution >= 4 is 15.8 Å². The zero-order valence-electron chi connectivity index (χ0n) is 8.22. The molecule has 1 aliphatic heterocycles. The van der Waals surface area contributed by atoms with Crippen molar-refractivity contribution in [2.24, 2.45) is 0 Å². The lowest BCUT2D eigenvalue weighted by atomic mass is 10.1. The van der Waals surface area contributed by atoms with Crippen LogP contribution in [0.25, 0.3) is 0 Å². The predicted octanol–water partition coefficient (Wildman–Crippen LogP) is 0.162. The molecule has 2 heterocycles. The van der Waals surface area contributed by atoms with Gasteiger partial charge in [-0.05, 0) is 18.0 Å². The first-order chi connectivity index (χ1) is 7.08. The molecule has 2 N–H and O–H groups in total. The summed E-state index contributed by atoms with van der Waals surface area (Å²) in [6.07, 6.45) is 2.65. The van der Waals surface area contributed by atoms with Crippen molar-refractivity contribution < 1.29 is 12.9 Å². The van der Waals surface area contributed by atoms with Gasteiger partial charge in [0, 0.05) is 6.42 Å². The first-order valence-electron chi connectivity index (χ1n) is 4.87. The van der Waals surface area contributed by atoms with Crippen molar-refractivity contribution in [2.75, 3.05) is 11.5 Å². The van der Waals surface area contributed by atoms with Crippen LogP contribution in [0.4, 0.5) is 5.95 Å². The van der Waals surface area contributed by atoms with E-state index in [2.05, 4.69) is 10.1 Å². The van der Waals surface area contributed by atoms with E-state index in [9.17, 15) is 8.42 Å². The zero-order valence-corrected chi connectivity index (χ0v) is 9.03. The molecule has 15 heavy (non-hydrogen) atoms. The maximum Gasteiger partial charge on any atom is 0.260 e. The lowest BCUT2D eigenvalue weighted by Gasteiger charge is -2.20. The molecule has 1 atom stereocenters. The number of nitrogens with zero attached hydrogens (tertiary/aromatic N) is 2. The topological polar surface area (TPSA) is 99.1 Å². The summed E-state index contributed by atoms with van der Waals surface area (Å²) in [5.41, 5.74) is 5.29. The highest BCUT2D eigenvalue weighted by Crippen LogP contribution is 2.22. The van der Waals surface area contributed by atoms with Crippen molar-refractivity contribution in [3.8, 4) is 0 Å². The van der Waals surface area contributed by atoms with Crippen LogP contribution in [0.3, 0.4) is 0 Å². The summed E-state index contributed by atoms with van der Waals surface area (Å²) in [7, 11) is -2.98. The molecule has 0 radical (unpaired) electrons. The quantitative estimate of drug-likeness (QED) is 0.778. The molecule has 1 aromatic rings. The summed E-state index contributed by atoms with van der Waals surface area (Å²) < 4.78 is 28.2. The van der Waals surface area contributed by atoms with E-state index in [0.29, 0.717) is 12.3 Å². The molecule has 1 aliphatic rings. The van der Waals surface area contributed by atoms with Gasteiger partial charge in [0.1, 0.15) is 0 Å². The molecular formula is C8H13N3O3S. The summed E-state index contributed by atoms with van der Waals surface area (Å²) in [5.74, 6) is 0.627. The normalized spacial score (nSPS) is 25.2. The van der Waals surface area contributed by atoms with E-state index in [0.717, 1.165) is 12.8 Å². The summed E-state index contributed by atoms with van der Waals surface area (Å²) in [6.45, 7) is 0. The SMILES string of the molecule is Nc1noc(CC2CCCCS2(=O)=O)n1. The third-order valence-corrected chi connectivity index (χ3v) is 4.87. The van der Waals surface area contributed by atoms with Crippen LogP contribution < -0.4 is 5.73 Å². The predicted molar refractivity (Wildman–Crippen MR) is 53.8 cm³/mol. The van der Waals surface area contributed by atoms with E-state index in [1.54, 1.807) is 0 Å². The van der Waals surface area contributed by atoms with Gasteiger partial charge in [-0.25, -0.2) is 8.42 Å². The fraction of sp³-hybridized carbons (Fsp3) is 0.750. The van der Waals surface area contributed by atoms with E-state index in [1.807, 2.05) is 0 Å². The number of sulfone groups is 1. The van der Waals surface area contributed by atoms with Crippen molar-refractivity contribution in [1.29, 1.82) is 0 Å². The first kappa shape index (κ1) is 10.4. The Morgan fingerprint density at radius 1 is 1.47 bits per heavy atom. The standard InChI is InChI=1S/C8H13N3O3S/c9-8-10-7(14-11-8)5-6-3-1-2-4-15(6,12)13/h6H,1-5H2,(H2,9,11). The highest BCUT2D eigenvalue weighted by Gasteiger charge is 2.30. The molecule has 2 rings (SSSR count). The van der Waals surface area contributed by atoms with Crippen LogP contribution in [0.15, 0.2) is 4.52 Å². The van der Waals surface area contributed by atoms with Crippen molar-refractivity contribution in [3.05, 3.63) is 5.89 Å². The third-order valence-electron chi connectivity index (χ3n) is 2.60. The molecule has 7 heteroatoms. The van der Waals surface area contributed by atoms with Gasteiger partial charge in [-0.1, -0.05) is 6.42 Å². The maximum absolute atomic E-state index is 11.7. The summed E-state index contributed by atoms with van der Waals surface area (Å²) in [6, 6.07) is 0. The highest BCUT2D eigenvalue weighted by molar-refractivity contribution is 7.92. The smallest absolute Gasteiger partial charge is 0.260 e. The second-order valence-electron chi connectivity index (χ2n) is 3.74. The van der Waals surface area contributed by atoms with Gasteiger partial charge in [-0.2, -0.15) is 4.98 Å². The fourth-order valence-corrected chi connectivity index (χ4v) is 3.66. The molecule has 0 aliphatic carbocycles. The van der Waals surface area contributed by atoms with Gasteiger partial charge in [0.05, 0.1) is 11.0 Å². The molecule has 1 aromatic heterocycles. The van der Waals surface area contributed by atoms with Gasteiger partial charge in [0.25, 0.3) is 5.95 Å². The van der Waals surface area contributed by atoms with Crippen LogP contribution in [-0.2, 0) is 16.3 Å². The molecule has 0 aromatic carbocycles. The second-order valence-corrected chi connectivity index (χ2v) is 6.14. The fourth-order valence-electron chi connectivity index (χ4n) is 1.80. The molecule has 84 valence electrons. The zero-order chi connectivity index (χ0) is 10.9. The first-order valence-corrected chi connectivity index (χ1v) is 6.59. The van der Waals surface area contributed by atoms with E-state index in [4.69, 9.17) is 10.3 Å². The Hall–Kier alpha value is -1.11. The summed E-state index contributed by atoms with van der Waals surface area (Å²) in [5, 5.41) is 3.04. The van der Waals surface area contributed by atoms with Crippen LogP contribution in [0.5, 0.6) is 0 Å². The molecule has 1 unspecified atom stereocenters. The van der Waals surface area contributed by atoms with Crippen molar-refractivity contribution in [1.82, 2.24) is 10.1 Å². The summed E-state index contributed by atoms with van der Waals surface area (Å²) >= 11 is 0. The van der Waals surface area contributed by atoms with Crippen LogP contribution >= 0.6 is 0 Å². The Kier molecular flexibility index (Phi) is 2.64. The Morgan fingerprint density at radius 2 is 2.27 bits per heavy atom. The molecule has 0 bridgehead atoms. The van der Waals surface area contributed by atoms with Gasteiger partial charge >= 0.3 is 0 Å². The van der Waals surface area contributed by atoms with Gasteiger partial charge in [0.2, 0.25) is 5.89 Å². The van der Waals surface area contributed by atoms with Gasteiger partial charge < -0.3 is 10.3 Å². The summed E-state index contributed by atoms with van der Waals surface area (Å²) in [4.78, 5) is 3.81. The monoisotopic (exact) mass is 231 g/mol. The van der Waals surface area contributed by atoms with Crippen LogP contribution in [0.2, 0.25) is 0 Å². The number of nitrogens with two attached hydrogens (primary N) is 1. The highest BCUT2D eigenvalue weighted by atomic mass is 32.2. The van der Waals surface area contributed by atoms with Gasteiger partial charge in [0.15, 0.2) is 9.84 Å². The van der Waals surface area contributed by atoms with Gasteiger partial charge in [-0.3, -0.25) is 0 Å². The molecular weight excluding hydrogens is 218 g/mol. The maximum atomic E-state index is 11.7. The van der Waals surface area contributed by atoms with E-state index >= 15 is 0 Å². The molecule has 0 amide bonds.